The van der Waals surface area contributed by atoms with E-state index in [0.717, 1.165) is 31.7 Å². The fourth-order valence-electron chi connectivity index (χ4n) is 3.01. The third kappa shape index (κ3) is 3.94. The van der Waals surface area contributed by atoms with E-state index in [9.17, 15) is 0 Å². The van der Waals surface area contributed by atoms with Gasteiger partial charge in [0.1, 0.15) is 0 Å². The zero-order valence-corrected chi connectivity index (χ0v) is 12.5. The minimum absolute atomic E-state index is 0.340. The van der Waals surface area contributed by atoms with E-state index in [2.05, 4.69) is 31.0 Å². The van der Waals surface area contributed by atoms with Crippen LogP contribution >= 0.6 is 0 Å². The fraction of sp³-hybridized carbons (Fsp3) is 1.00. The summed E-state index contributed by atoms with van der Waals surface area (Å²) in [7, 11) is 1.79. The predicted molar refractivity (Wildman–Crippen MR) is 75.9 cm³/mol. The van der Waals surface area contributed by atoms with Crippen molar-refractivity contribution in [3.63, 3.8) is 0 Å². The van der Waals surface area contributed by atoms with Crippen LogP contribution in [0.3, 0.4) is 0 Å². The van der Waals surface area contributed by atoms with E-state index in [1.54, 1.807) is 7.11 Å². The first-order chi connectivity index (χ1) is 8.52. The highest BCUT2D eigenvalue weighted by Gasteiger charge is 2.38. The maximum absolute atomic E-state index is 5.19. The molecule has 2 atom stereocenters. The van der Waals surface area contributed by atoms with E-state index >= 15 is 0 Å². The number of rotatable bonds is 7. The zero-order valence-electron chi connectivity index (χ0n) is 12.5. The van der Waals surface area contributed by atoms with Crippen LogP contribution in [0.15, 0.2) is 0 Å². The second kappa shape index (κ2) is 5.89. The predicted octanol–water partition coefficient (Wildman–Crippen LogP) is 2.26. The highest BCUT2D eigenvalue weighted by atomic mass is 16.5. The van der Waals surface area contributed by atoms with Crippen molar-refractivity contribution < 1.29 is 4.74 Å². The molecule has 2 aliphatic rings. The summed E-state index contributed by atoms with van der Waals surface area (Å²) in [6.45, 7) is 10.3. The van der Waals surface area contributed by atoms with Gasteiger partial charge in [-0.1, -0.05) is 13.8 Å². The van der Waals surface area contributed by atoms with Gasteiger partial charge in [-0.2, -0.15) is 0 Å². The molecule has 3 nitrogen and oxygen atoms in total. The molecule has 0 aromatic rings. The Balaban J connectivity index is 1.70. The van der Waals surface area contributed by atoms with Crippen LogP contribution in [-0.4, -0.2) is 49.8 Å². The molecule has 106 valence electrons. The summed E-state index contributed by atoms with van der Waals surface area (Å²) in [6, 6.07) is 2.38. The Bertz CT molecular complexity index is 263. The van der Waals surface area contributed by atoms with Gasteiger partial charge in [-0.3, -0.25) is 4.90 Å². The lowest BCUT2D eigenvalue weighted by Crippen LogP contribution is -2.39. The summed E-state index contributed by atoms with van der Waals surface area (Å²) in [5.41, 5.74) is 0.340. The van der Waals surface area contributed by atoms with Crippen LogP contribution < -0.4 is 5.32 Å². The third-order valence-corrected chi connectivity index (χ3v) is 4.49. The van der Waals surface area contributed by atoms with Crippen molar-refractivity contribution in [2.45, 2.75) is 64.6 Å². The van der Waals surface area contributed by atoms with Gasteiger partial charge in [-0.15, -0.1) is 0 Å². The van der Waals surface area contributed by atoms with Crippen LogP contribution in [0.25, 0.3) is 0 Å². The SMILES string of the molecule is COCCC(C)(C)CNC1CC(C)N(C2CC2)C1. The minimum atomic E-state index is 0.340. The van der Waals surface area contributed by atoms with E-state index in [1.807, 2.05) is 0 Å². The molecule has 1 heterocycles. The van der Waals surface area contributed by atoms with Crippen LogP contribution in [0.2, 0.25) is 0 Å². The van der Waals surface area contributed by atoms with E-state index in [1.165, 1.54) is 25.8 Å². The van der Waals surface area contributed by atoms with Crippen LogP contribution in [-0.2, 0) is 4.74 Å². The normalized spacial score (nSPS) is 30.0. The molecule has 1 saturated carbocycles. The van der Waals surface area contributed by atoms with Gasteiger partial charge in [0.05, 0.1) is 0 Å². The largest absolute Gasteiger partial charge is 0.385 e. The van der Waals surface area contributed by atoms with Gasteiger partial charge in [-0.25, -0.2) is 0 Å². The Morgan fingerprint density at radius 2 is 2.06 bits per heavy atom. The molecule has 2 fully saturated rings. The third-order valence-electron chi connectivity index (χ3n) is 4.49. The molecular formula is C15H30N2O. The summed E-state index contributed by atoms with van der Waals surface area (Å²) in [5, 5.41) is 3.78. The summed E-state index contributed by atoms with van der Waals surface area (Å²) in [5.74, 6) is 0. The summed E-state index contributed by atoms with van der Waals surface area (Å²) in [4.78, 5) is 2.71. The van der Waals surface area contributed by atoms with Crippen molar-refractivity contribution in [1.29, 1.82) is 0 Å². The van der Waals surface area contributed by atoms with Crippen molar-refractivity contribution in [3.05, 3.63) is 0 Å². The second-order valence-electron chi connectivity index (χ2n) is 7.00. The molecule has 2 unspecified atom stereocenters. The number of likely N-dealkylation sites (tertiary alicyclic amines) is 1. The van der Waals surface area contributed by atoms with Crippen molar-refractivity contribution in [3.8, 4) is 0 Å². The zero-order chi connectivity index (χ0) is 13.2. The first kappa shape index (κ1) is 14.3. The van der Waals surface area contributed by atoms with Gasteiger partial charge in [0.2, 0.25) is 0 Å². The van der Waals surface area contributed by atoms with Crippen LogP contribution in [0.4, 0.5) is 0 Å². The molecule has 2 rings (SSSR count). The highest BCUT2D eigenvalue weighted by Crippen LogP contribution is 2.33. The van der Waals surface area contributed by atoms with Crippen LogP contribution in [0.1, 0.15) is 46.5 Å². The molecule has 1 aliphatic carbocycles. The average Bonchev–Trinajstić information content (AvgIpc) is 3.09. The van der Waals surface area contributed by atoms with Gasteiger partial charge in [0, 0.05) is 44.9 Å². The number of nitrogens with one attached hydrogen (secondary N) is 1. The Labute approximate surface area is 112 Å². The molecule has 0 spiro atoms. The highest BCUT2D eigenvalue weighted by molar-refractivity contribution is 4.96. The Morgan fingerprint density at radius 3 is 2.67 bits per heavy atom. The molecule has 0 amide bonds. The molecule has 0 aromatic carbocycles. The lowest BCUT2D eigenvalue weighted by atomic mass is 9.89. The molecular weight excluding hydrogens is 224 g/mol. The minimum Gasteiger partial charge on any atom is -0.385 e. The van der Waals surface area contributed by atoms with Gasteiger partial charge >= 0.3 is 0 Å². The Hall–Kier alpha value is -0.120. The Morgan fingerprint density at radius 1 is 1.33 bits per heavy atom. The number of methoxy groups -OCH3 is 1. The van der Waals surface area contributed by atoms with E-state index in [0.29, 0.717) is 11.5 Å². The smallest absolute Gasteiger partial charge is 0.0467 e. The molecule has 0 bridgehead atoms. The molecule has 1 saturated heterocycles. The molecule has 0 aromatic heterocycles. The van der Waals surface area contributed by atoms with E-state index in [4.69, 9.17) is 4.74 Å². The number of hydrogen-bond donors (Lipinski definition) is 1. The first-order valence-corrected chi connectivity index (χ1v) is 7.50. The van der Waals surface area contributed by atoms with Gasteiger partial charge < -0.3 is 10.1 Å². The maximum Gasteiger partial charge on any atom is 0.0467 e. The lowest BCUT2D eigenvalue weighted by Gasteiger charge is -2.27. The van der Waals surface area contributed by atoms with E-state index in [-0.39, 0.29) is 0 Å². The van der Waals surface area contributed by atoms with Crippen molar-refractivity contribution in [2.75, 3.05) is 26.8 Å². The fourth-order valence-corrected chi connectivity index (χ4v) is 3.01. The van der Waals surface area contributed by atoms with Crippen LogP contribution in [0, 0.1) is 5.41 Å². The van der Waals surface area contributed by atoms with Gasteiger partial charge in [0.15, 0.2) is 0 Å². The van der Waals surface area contributed by atoms with E-state index < -0.39 is 0 Å². The summed E-state index contributed by atoms with van der Waals surface area (Å²) in [6.07, 6.45) is 5.30. The number of nitrogens with zero attached hydrogens (tertiary/aromatic N) is 1. The monoisotopic (exact) mass is 254 g/mol. The lowest BCUT2D eigenvalue weighted by molar-refractivity contribution is 0.149. The van der Waals surface area contributed by atoms with Crippen LogP contribution in [0.5, 0.6) is 0 Å². The van der Waals surface area contributed by atoms with Crippen molar-refractivity contribution in [1.82, 2.24) is 10.2 Å². The number of ether oxygens (including phenoxy) is 1. The molecule has 1 N–H and O–H groups in total. The van der Waals surface area contributed by atoms with Crippen molar-refractivity contribution in [2.24, 2.45) is 5.41 Å². The average molecular weight is 254 g/mol. The second-order valence-corrected chi connectivity index (χ2v) is 7.00. The summed E-state index contributed by atoms with van der Waals surface area (Å²) >= 11 is 0. The summed E-state index contributed by atoms with van der Waals surface area (Å²) < 4.78 is 5.19. The molecule has 1 aliphatic heterocycles. The van der Waals surface area contributed by atoms with Gasteiger partial charge in [-0.05, 0) is 38.0 Å². The molecule has 3 heteroatoms. The standard InChI is InChI=1S/C15H30N2O/c1-12-9-13(10-17(12)14-5-6-14)16-11-15(2,3)7-8-18-4/h12-14,16H,5-11H2,1-4H3. The quantitative estimate of drug-likeness (QED) is 0.754. The van der Waals surface area contributed by atoms with Gasteiger partial charge in [0.25, 0.3) is 0 Å². The topological polar surface area (TPSA) is 24.5 Å². The molecule has 18 heavy (non-hydrogen) atoms. The first-order valence-electron chi connectivity index (χ1n) is 7.50. The Kier molecular flexibility index (Phi) is 4.68. The molecule has 0 radical (unpaired) electrons. The number of hydrogen-bond acceptors (Lipinski definition) is 3. The van der Waals surface area contributed by atoms with Crippen molar-refractivity contribution >= 4 is 0 Å². The maximum atomic E-state index is 5.19.